The van der Waals surface area contributed by atoms with E-state index in [1.165, 1.54) is 12.1 Å². The number of pyridine rings is 1. The first-order valence-electron chi connectivity index (χ1n) is 5.99. The molecule has 1 amide bonds. The van der Waals surface area contributed by atoms with Crippen molar-refractivity contribution in [3.05, 3.63) is 28.8 Å². The van der Waals surface area contributed by atoms with E-state index in [-0.39, 0.29) is 22.7 Å². The summed E-state index contributed by atoms with van der Waals surface area (Å²) in [4.78, 5) is 17.8. The summed E-state index contributed by atoms with van der Waals surface area (Å²) in [5.41, 5.74) is 0.0784. The van der Waals surface area contributed by atoms with Gasteiger partial charge in [0.15, 0.2) is 0 Å². The van der Waals surface area contributed by atoms with Crippen LogP contribution in [-0.4, -0.2) is 41.5 Å². The molecule has 3 atom stereocenters. The zero-order valence-corrected chi connectivity index (χ0v) is 10.5. The van der Waals surface area contributed by atoms with Crippen LogP contribution in [0.3, 0.4) is 0 Å². The molecule has 0 aliphatic carbocycles. The molecule has 2 aliphatic heterocycles. The van der Waals surface area contributed by atoms with Crippen LogP contribution >= 0.6 is 11.6 Å². The van der Waals surface area contributed by atoms with Gasteiger partial charge in [0.05, 0.1) is 5.02 Å². The number of aromatic nitrogens is 1. The van der Waals surface area contributed by atoms with Crippen LogP contribution < -0.4 is 5.32 Å². The molecular formula is C12H13ClFN3O. The maximum absolute atomic E-state index is 13.2. The van der Waals surface area contributed by atoms with Crippen molar-refractivity contribution in [1.29, 1.82) is 0 Å². The molecule has 3 heterocycles. The Morgan fingerprint density at radius 1 is 1.50 bits per heavy atom. The Kier molecular flexibility index (Phi) is 2.95. The summed E-state index contributed by atoms with van der Waals surface area (Å²) in [5, 5.41) is 2.85. The summed E-state index contributed by atoms with van der Waals surface area (Å²) in [6, 6.07) is 2.95. The predicted octanol–water partition coefficient (Wildman–Crippen LogP) is 1.31. The SMILES string of the molecule is O=C(NC1CN2CC[C@H]1C2)c1ccc(Cl)c(F)n1. The van der Waals surface area contributed by atoms with E-state index < -0.39 is 5.95 Å². The minimum atomic E-state index is -0.805. The molecule has 6 heteroatoms. The zero-order valence-electron chi connectivity index (χ0n) is 9.70. The maximum atomic E-state index is 13.2. The third-order valence-electron chi connectivity index (χ3n) is 3.69. The normalized spacial score (nSPS) is 29.6. The van der Waals surface area contributed by atoms with Gasteiger partial charge in [-0.3, -0.25) is 4.79 Å². The van der Waals surface area contributed by atoms with Crippen molar-refractivity contribution in [3.8, 4) is 0 Å². The predicted molar refractivity (Wildman–Crippen MR) is 65.0 cm³/mol. The first kappa shape index (κ1) is 11.9. The van der Waals surface area contributed by atoms with Crippen molar-refractivity contribution >= 4 is 17.5 Å². The van der Waals surface area contributed by atoms with Crippen LogP contribution in [0, 0.1) is 11.9 Å². The second-order valence-corrected chi connectivity index (χ2v) is 5.26. The van der Waals surface area contributed by atoms with Gasteiger partial charge in [0, 0.05) is 19.1 Å². The highest BCUT2D eigenvalue weighted by Gasteiger charge is 2.38. The van der Waals surface area contributed by atoms with Crippen molar-refractivity contribution < 1.29 is 9.18 Å². The molecule has 1 N–H and O–H groups in total. The van der Waals surface area contributed by atoms with E-state index in [0.717, 1.165) is 26.1 Å². The molecule has 1 aromatic heterocycles. The third-order valence-corrected chi connectivity index (χ3v) is 3.97. The van der Waals surface area contributed by atoms with Crippen molar-refractivity contribution in [2.24, 2.45) is 5.92 Å². The number of halogens is 2. The van der Waals surface area contributed by atoms with Gasteiger partial charge in [-0.25, -0.2) is 4.98 Å². The molecule has 2 fully saturated rings. The molecule has 0 spiro atoms. The van der Waals surface area contributed by atoms with E-state index in [1.807, 2.05) is 0 Å². The molecule has 1 aromatic rings. The molecule has 0 saturated carbocycles. The lowest BCUT2D eigenvalue weighted by Gasteiger charge is -2.22. The molecule has 2 bridgehead atoms. The summed E-state index contributed by atoms with van der Waals surface area (Å²) in [7, 11) is 0. The number of fused-ring (bicyclic) bond motifs is 2. The largest absolute Gasteiger partial charge is 0.346 e. The van der Waals surface area contributed by atoms with Gasteiger partial charge in [-0.1, -0.05) is 11.6 Å². The molecule has 96 valence electrons. The summed E-state index contributed by atoms with van der Waals surface area (Å²) >= 11 is 5.53. The van der Waals surface area contributed by atoms with E-state index in [1.54, 1.807) is 0 Å². The summed E-state index contributed by atoms with van der Waals surface area (Å²) < 4.78 is 13.2. The minimum absolute atomic E-state index is 0.0717. The van der Waals surface area contributed by atoms with Crippen molar-refractivity contribution in [2.45, 2.75) is 12.5 Å². The zero-order chi connectivity index (χ0) is 12.7. The lowest BCUT2D eigenvalue weighted by molar-refractivity contribution is 0.0918. The van der Waals surface area contributed by atoms with Gasteiger partial charge in [-0.15, -0.1) is 0 Å². The van der Waals surface area contributed by atoms with E-state index >= 15 is 0 Å². The fraction of sp³-hybridized carbons (Fsp3) is 0.500. The molecule has 2 unspecified atom stereocenters. The number of carbonyl (C=O) groups is 1. The molecule has 2 aliphatic rings. The Bertz CT molecular complexity index is 496. The highest BCUT2D eigenvalue weighted by atomic mass is 35.5. The Hall–Kier alpha value is -1.20. The number of nitrogens with one attached hydrogen (secondary N) is 1. The van der Waals surface area contributed by atoms with Crippen LogP contribution in [0.15, 0.2) is 12.1 Å². The monoisotopic (exact) mass is 269 g/mol. The Morgan fingerprint density at radius 3 is 2.94 bits per heavy atom. The number of carbonyl (C=O) groups excluding carboxylic acids is 1. The van der Waals surface area contributed by atoms with Crippen LogP contribution in [0.5, 0.6) is 0 Å². The third kappa shape index (κ3) is 2.08. The molecule has 0 aromatic carbocycles. The number of rotatable bonds is 2. The molecule has 4 nitrogen and oxygen atoms in total. The van der Waals surface area contributed by atoms with Crippen molar-refractivity contribution in [2.75, 3.05) is 19.6 Å². The Morgan fingerprint density at radius 2 is 2.33 bits per heavy atom. The van der Waals surface area contributed by atoms with E-state index in [2.05, 4.69) is 15.2 Å². The van der Waals surface area contributed by atoms with Crippen molar-refractivity contribution in [1.82, 2.24) is 15.2 Å². The fourth-order valence-corrected chi connectivity index (χ4v) is 2.84. The van der Waals surface area contributed by atoms with Crippen LogP contribution in [0.2, 0.25) is 5.02 Å². The maximum Gasteiger partial charge on any atom is 0.270 e. The van der Waals surface area contributed by atoms with Gasteiger partial charge in [-0.2, -0.15) is 4.39 Å². The molecule has 18 heavy (non-hydrogen) atoms. The number of amides is 1. The van der Waals surface area contributed by atoms with E-state index in [9.17, 15) is 9.18 Å². The van der Waals surface area contributed by atoms with Gasteiger partial charge in [-0.05, 0) is 31.0 Å². The standard InChI is InChI=1S/C12H13ClFN3O/c13-8-1-2-9(15-11(8)14)12(18)16-10-6-17-4-3-7(10)5-17/h1-2,7,10H,3-6H2,(H,16,18)/t7-,10?/m0/s1. The average molecular weight is 270 g/mol. The highest BCUT2D eigenvalue weighted by molar-refractivity contribution is 6.30. The summed E-state index contributed by atoms with van der Waals surface area (Å²) in [6.07, 6.45) is 1.12. The van der Waals surface area contributed by atoms with Gasteiger partial charge in [0.25, 0.3) is 5.91 Å². The first-order valence-corrected chi connectivity index (χ1v) is 6.36. The number of hydrogen-bond donors (Lipinski definition) is 1. The van der Waals surface area contributed by atoms with Crippen LogP contribution in [0.4, 0.5) is 4.39 Å². The smallest absolute Gasteiger partial charge is 0.270 e. The van der Waals surface area contributed by atoms with E-state index in [0.29, 0.717) is 5.92 Å². The lowest BCUT2D eigenvalue weighted by atomic mass is 10.00. The quantitative estimate of drug-likeness (QED) is 0.824. The van der Waals surface area contributed by atoms with E-state index in [4.69, 9.17) is 11.6 Å². The van der Waals surface area contributed by atoms with Gasteiger partial charge >= 0.3 is 0 Å². The van der Waals surface area contributed by atoms with Crippen LogP contribution in [0.1, 0.15) is 16.9 Å². The molecule has 3 rings (SSSR count). The van der Waals surface area contributed by atoms with Gasteiger partial charge in [0.2, 0.25) is 5.95 Å². The molecular weight excluding hydrogens is 257 g/mol. The first-order chi connectivity index (χ1) is 8.63. The topological polar surface area (TPSA) is 45.2 Å². The van der Waals surface area contributed by atoms with Gasteiger partial charge < -0.3 is 10.2 Å². The van der Waals surface area contributed by atoms with Crippen LogP contribution in [0.25, 0.3) is 0 Å². The Labute approximate surface area is 109 Å². The average Bonchev–Trinajstić information content (AvgIpc) is 2.94. The molecule has 2 saturated heterocycles. The number of nitrogens with zero attached hydrogens (tertiary/aromatic N) is 2. The van der Waals surface area contributed by atoms with Gasteiger partial charge in [0.1, 0.15) is 5.69 Å². The highest BCUT2D eigenvalue weighted by Crippen LogP contribution is 2.27. The summed E-state index contributed by atoms with van der Waals surface area (Å²) in [5.74, 6) is -0.614. The van der Waals surface area contributed by atoms with Crippen molar-refractivity contribution in [3.63, 3.8) is 0 Å². The lowest BCUT2D eigenvalue weighted by Crippen LogP contribution is -2.43. The van der Waals surface area contributed by atoms with Crippen LogP contribution in [-0.2, 0) is 0 Å². The second-order valence-electron chi connectivity index (χ2n) is 4.86. The molecule has 0 radical (unpaired) electrons. The summed E-state index contributed by atoms with van der Waals surface area (Å²) in [6.45, 7) is 3.05. The second kappa shape index (κ2) is 4.48. The minimum Gasteiger partial charge on any atom is -0.346 e. The number of piperidine rings is 1. The number of hydrogen-bond acceptors (Lipinski definition) is 3. The fourth-order valence-electron chi connectivity index (χ4n) is 2.73. The Balaban J connectivity index is 1.69.